The second-order valence-electron chi connectivity index (χ2n) is 40.0. The largest absolute Gasteiger partial charge is 0.213 e. The van der Waals surface area contributed by atoms with Crippen LogP contribution in [-0.4, -0.2) is 0 Å². The average molecular weight is 1640 g/mol. The normalized spacial score (nSPS) is 22.0. The van der Waals surface area contributed by atoms with Crippen molar-refractivity contribution in [1.29, 1.82) is 0 Å². The number of pyridine rings is 4. The van der Waals surface area contributed by atoms with E-state index in [4.69, 9.17) is 0 Å². The fourth-order valence-corrected chi connectivity index (χ4v) is 24.7. The molecule has 640 valence electrons. The van der Waals surface area contributed by atoms with Gasteiger partial charge in [0, 0.05) is 70.8 Å². The third kappa shape index (κ3) is 20.9. The van der Waals surface area contributed by atoms with Gasteiger partial charge in [0.2, 0.25) is 22.8 Å². The molecule has 20 rings (SSSR count). The molecule has 0 N–H and O–H groups in total. The molecule has 0 aliphatic heterocycles. The minimum Gasteiger partial charge on any atom is -0.201 e. The molecule has 4 heterocycles. The third-order valence-corrected chi connectivity index (χ3v) is 32.4. The molecule has 0 amide bonds. The second kappa shape index (κ2) is 41.2. The van der Waals surface area contributed by atoms with Crippen LogP contribution < -0.4 is 18.3 Å². The maximum absolute atomic E-state index is 2.47. The molecular weight excluding hydrogens is 1500 g/mol. The fourth-order valence-electron chi connectivity index (χ4n) is 24.7. The van der Waals surface area contributed by atoms with E-state index >= 15 is 0 Å². The maximum Gasteiger partial charge on any atom is 0.213 e. The summed E-state index contributed by atoms with van der Waals surface area (Å²) in [4.78, 5) is 0. The van der Waals surface area contributed by atoms with Crippen molar-refractivity contribution in [2.45, 2.75) is 257 Å². The van der Waals surface area contributed by atoms with Gasteiger partial charge in [-0.05, 0) is 302 Å². The first-order valence-corrected chi connectivity index (χ1v) is 49.4. The summed E-state index contributed by atoms with van der Waals surface area (Å²) >= 11 is 0. The molecule has 8 aliphatic rings. The van der Waals surface area contributed by atoms with Gasteiger partial charge in [0.25, 0.3) is 0 Å². The van der Waals surface area contributed by atoms with E-state index in [-0.39, 0.29) is 0 Å². The van der Waals surface area contributed by atoms with Crippen LogP contribution in [0.5, 0.6) is 0 Å². The number of rotatable bonds is 16. The van der Waals surface area contributed by atoms with Crippen molar-refractivity contribution in [3.05, 3.63) is 312 Å². The second-order valence-corrected chi connectivity index (χ2v) is 40.0. The molecular formula is C120H144N4+4. The number of benzene rings is 8. The van der Waals surface area contributed by atoms with Crippen molar-refractivity contribution in [1.82, 2.24) is 0 Å². The zero-order valence-corrected chi connectivity index (χ0v) is 76.7. The Hall–Kier alpha value is -9.64. The number of hydrogen-bond donors (Lipinski definition) is 0. The molecule has 0 saturated heterocycles. The van der Waals surface area contributed by atoms with Crippen LogP contribution >= 0.6 is 0 Å². The SMILES string of the molecule is Cc1ccccc1-c1cc(-c2ccc(C3CCC(C4CCCC4)C3)cc2)cc[n+]1C.Cc1ccccc1-c1cc(-c2ccc(C3CCC(C4CCCC4)CC3)cc2)cc[n+]1C.Cc1ccccc1-c1cc(-c2ccc(C3CCC(C4CCCCC4)C3)cc2)cc[n+]1C.Cc1ccccc1-c1cc(-c2cccc(C3CCC(C4CCCCC4)CC3)c2)cc[n+]1C. The van der Waals surface area contributed by atoms with Gasteiger partial charge < -0.3 is 0 Å². The molecule has 4 aromatic heterocycles. The van der Waals surface area contributed by atoms with Crippen LogP contribution in [0.25, 0.3) is 89.5 Å². The Kier molecular flexibility index (Phi) is 28.7. The first-order valence-electron chi connectivity index (χ1n) is 49.4. The van der Waals surface area contributed by atoms with Crippen LogP contribution in [0.4, 0.5) is 0 Å². The molecule has 4 heteroatoms. The zero-order valence-electron chi connectivity index (χ0n) is 76.7. The van der Waals surface area contributed by atoms with E-state index in [1.54, 1.807) is 22.3 Å². The Balaban J connectivity index is 0.000000117. The molecule has 124 heavy (non-hydrogen) atoms. The number of aromatic nitrogens is 4. The third-order valence-electron chi connectivity index (χ3n) is 32.4. The fraction of sp³-hybridized carbons (Fsp3) is 0.433. The summed E-state index contributed by atoms with van der Waals surface area (Å²) in [5.74, 6) is 11.2. The highest BCUT2D eigenvalue weighted by atomic mass is 14.9. The molecule has 0 bridgehead atoms. The summed E-state index contributed by atoms with van der Waals surface area (Å²) < 4.78 is 8.91. The maximum atomic E-state index is 2.47. The van der Waals surface area contributed by atoms with Gasteiger partial charge in [-0.25, -0.2) is 18.3 Å². The molecule has 4 unspecified atom stereocenters. The van der Waals surface area contributed by atoms with Crippen molar-refractivity contribution in [2.24, 2.45) is 75.5 Å². The van der Waals surface area contributed by atoms with Crippen LogP contribution in [0.3, 0.4) is 0 Å². The molecule has 8 saturated carbocycles. The predicted octanol–water partition coefficient (Wildman–Crippen LogP) is 30.5. The first kappa shape index (κ1) is 86.5. The molecule has 0 spiro atoms. The Morgan fingerprint density at radius 1 is 0.185 bits per heavy atom. The highest BCUT2D eigenvalue weighted by Crippen LogP contribution is 2.50. The standard InChI is InChI=1S/C31H38N.2C30H36N.C29H34N/c1-23-9-6-7-14-30(23)31-22-29(19-20-32(31)2)28-13-8-12-27(21-28)26-17-15-25(16-18-26)24-10-4-3-5-11-24;1-22-7-3-6-10-29(22)30-21-28(19-20-31(30)2)27-17-15-26(16-18-27)25-13-11-24(12-14-25)23-8-4-5-9-23;1-22-8-6-7-11-29(22)30-21-28(18-19-31(30)2)25-14-12-24(13-15-25)27-17-16-26(20-27)23-9-4-3-5-10-23;1-21-7-3-6-10-28(21)29-20-27(17-18-30(29)2)24-13-11-23(12-14-24)26-16-15-25(19-26)22-8-4-5-9-22/h6-9,12-14,19-22,24-26H,3-5,10-11,15-18H2,1-2H3;3,6-7,10,15-21,23-25H,4-5,8-9,11-14H2,1-2H3;6-8,11-15,18-19,21,23,26-27H,3-5,9-10,16-17,20H2,1-2H3;3,6-7,10-14,17-18,20,22,25-26H,4-5,8-9,15-16,19H2,1-2H3/q4*+1. The van der Waals surface area contributed by atoms with Gasteiger partial charge in [-0.15, -0.1) is 0 Å². The van der Waals surface area contributed by atoms with Crippen LogP contribution in [0.1, 0.15) is 274 Å². The van der Waals surface area contributed by atoms with E-state index in [0.29, 0.717) is 0 Å². The van der Waals surface area contributed by atoms with Crippen molar-refractivity contribution in [2.75, 3.05) is 0 Å². The lowest BCUT2D eigenvalue weighted by molar-refractivity contribution is -0.660. The van der Waals surface area contributed by atoms with Crippen LogP contribution in [0, 0.1) is 75.0 Å². The van der Waals surface area contributed by atoms with Crippen molar-refractivity contribution in [3.8, 4) is 89.5 Å². The van der Waals surface area contributed by atoms with E-state index in [0.717, 1.165) is 71.0 Å². The molecule has 8 aromatic carbocycles. The predicted molar refractivity (Wildman–Crippen MR) is 520 cm³/mol. The van der Waals surface area contributed by atoms with E-state index < -0.39 is 0 Å². The van der Waals surface area contributed by atoms with E-state index in [9.17, 15) is 0 Å². The van der Waals surface area contributed by atoms with Gasteiger partial charge in [-0.3, -0.25) is 0 Å². The topological polar surface area (TPSA) is 15.5 Å². The molecule has 8 fully saturated rings. The zero-order chi connectivity index (χ0) is 84.8. The van der Waals surface area contributed by atoms with Crippen molar-refractivity contribution in [3.63, 3.8) is 0 Å². The first-order chi connectivity index (χ1) is 60.7. The lowest BCUT2D eigenvalue weighted by atomic mass is 9.70. The van der Waals surface area contributed by atoms with Gasteiger partial charge in [0.05, 0.1) is 0 Å². The number of hydrogen-bond acceptors (Lipinski definition) is 0. The summed E-state index contributed by atoms with van der Waals surface area (Å²) in [6, 6.07) is 90.9. The van der Waals surface area contributed by atoms with Crippen molar-refractivity contribution >= 4 is 0 Å². The lowest BCUT2D eigenvalue weighted by Gasteiger charge is -2.36. The molecule has 12 aromatic rings. The molecule has 8 aliphatic carbocycles. The average Bonchev–Trinajstić information content (AvgIpc) is 0.994. The number of aryl methyl sites for hydroxylation is 8. The lowest BCUT2D eigenvalue weighted by Crippen LogP contribution is -2.30. The minimum atomic E-state index is 0.741. The van der Waals surface area contributed by atoms with Crippen molar-refractivity contribution < 1.29 is 18.3 Å². The summed E-state index contributed by atoms with van der Waals surface area (Å²) in [6.07, 6.45) is 55.3. The number of nitrogens with zero attached hydrogens (tertiary/aromatic N) is 4. The smallest absolute Gasteiger partial charge is 0.201 e. The molecule has 4 nitrogen and oxygen atoms in total. The van der Waals surface area contributed by atoms with Gasteiger partial charge in [0.15, 0.2) is 24.8 Å². The summed E-state index contributed by atoms with van der Waals surface area (Å²) in [5.41, 5.74) is 32.3. The Morgan fingerprint density at radius 3 is 0.742 bits per heavy atom. The Labute approximate surface area is 747 Å². The Morgan fingerprint density at radius 2 is 0.427 bits per heavy atom. The highest BCUT2D eigenvalue weighted by molar-refractivity contribution is 5.74. The van der Waals surface area contributed by atoms with Crippen LogP contribution in [0.15, 0.2) is 267 Å². The van der Waals surface area contributed by atoms with Gasteiger partial charge >= 0.3 is 0 Å². The van der Waals surface area contributed by atoms with Crippen LogP contribution in [-0.2, 0) is 28.2 Å². The van der Waals surface area contributed by atoms with E-state index in [2.05, 4.69) is 342 Å². The van der Waals surface area contributed by atoms with Gasteiger partial charge in [-0.2, -0.15) is 0 Å². The van der Waals surface area contributed by atoms with Crippen LogP contribution in [0.2, 0.25) is 0 Å². The van der Waals surface area contributed by atoms with E-state index in [1.807, 2.05) is 0 Å². The quantitative estimate of drug-likeness (QED) is 0.0857. The minimum absolute atomic E-state index is 0.741. The van der Waals surface area contributed by atoms with Gasteiger partial charge in [-0.1, -0.05) is 285 Å². The van der Waals surface area contributed by atoms with Gasteiger partial charge in [0.1, 0.15) is 28.2 Å². The highest BCUT2D eigenvalue weighted by Gasteiger charge is 2.36. The molecule has 4 atom stereocenters. The summed E-state index contributed by atoms with van der Waals surface area (Å²) in [6.45, 7) is 8.78. The monoisotopic (exact) mass is 1640 g/mol. The summed E-state index contributed by atoms with van der Waals surface area (Å²) in [5, 5.41) is 0. The Bertz CT molecular complexity index is 5470. The molecule has 0 radical (unpaired) electrons. The van der Waals surface area contributed by atoms with E-state index in [1.165, 1.54) is 317 Å². The summed E-state index contributed by atoms with van der Waals surface area (Å²) in [7, 11) is 8.55.